The number of ether oxygens (including phenoxy) is 1. The highest BCUT2D eigenvalue weighted by Crippen LogP contribution is 2.34. The molecule has 29 heavy (non-hydrogen) atoms. The molecule has 0 saturated carbocycles. The number of hydrogen-bond acceptors (Lipinski definition) is 3. The number of amides is 1. The molecule has 1 unspecified atom stereocenters. The zero-order valence-corrected chi connectivity index (χ0v) is 17.7. The van der Waals surface area contributed by atoms with Gasteiger partial charge in [0.25, 0.3) is 0 Å². The minimum Gasteiger partial charge on any atom is -0.475 e. The van der Waals surface area contributed by atoms with Gasteiger partial charge in [-0.2, -0.15) is 0 Å². The van der Waals surface area contributed by atoms with Gasteiger partial charge >= 0.3 is 0 Å². The summed E-state index contributed by atoms with van der Waals surface area (Å²) >= 11 is 0. The lowest BCUT2D eigenvalue weighted by molar-refractivity contribution is -0.117. The summed E-state index contributed by atoms with van der Waals surface area (Å²) in [6.07, 6.45) is 3.60. The van der Waals surface area contributed by atoms with Crippen molar-refractivity contribution in [2.24, 2.45) is 11.7 Å². The van der Waals surface area contributed by atoms with Gasteiger partial charge in [0.05, 0.1) is 0 Å². The average molecular weight is 399 g/mol. The SMILES string of the molecule is CC(=O)N1c2ccc(F)cc2CC(C)[C@@H]1C.CC/C=C(\N)OCc1ccccc1. The first-order chi connectivity index (χ1) is 13.8. The van der Waals surface area contributed by atoms with Gasteiger partial charge in [-0.3, -0.25) is 4.79 Å². The number of carbonyl (C=O) groups is 1. The van der Waals surface area contributed by atoms with Gasteiger partial charge in [-0.05, 0) is 61.1 Å². The highest BCUT2D eigenvalue weighted by molar-refractivity contribution is 5.93. The second-order valence-electron chi connectivity index (χ2n) is 7.37. The molecule has 3 rings (SSSR count). The third-order valence-electron chi connectivity index (χ3n) is 5.07. The Kier molecular flexibility index (Phi) is 8.25. The van der Waals surface area contributed by atoms with Crippen molar-refractivity contribution in [1.82, 2.24) is 0 Å². The van der Waals surface area contributed by atoms with E-state index < -0.39 is 0 Å². The van der Waals surface area contributed by atoms with Gasteiger partial charge in [0.2, 0.25) is 5.91 Å². The first-order valence-electron chi connectivity index (χ1n) is 10.0. The number of anilines is 1. The first kappa shape index (κ1) is 22.5. The van der Waals surface area contributed by atoms with Gasteiger partial charge in [-0.1, -0.05) is 44.2 Å². The molecule has 0 bridgehead atoms. The maximum Gasteiger partial charge on any atom is 0.224 e. The number of nitrogens with two attached hydrogens (primary N) is 1. The van der Waals surface area contributed by atoms with Crippen LogP contribution in [0, 0.1) is 11.7 Å². The topological polar surface area (TPSA) is 55.6 Å². The minimum absolute atomic E-state index is 0.0203. The molecular formula is C24H31FN2O2. The molecule has 1 aliphatic heterocycles. The molecule has 0 aliphatic carbocycles. The molecule has 0 radical (unpaired) electrons. The maximum atomic E-state index is 13.1. The van der Waals surface area contributed by atoms with Crippen LogP contribution < -0.4 is 10.6 Å². The number of nitrogens with zero attached hydrogens (tertiary/aromatic N) is 1. The summed E-state index contributed by atoms with van der Waals surface area (Å²) in [5, 5.41) is 0. The lowest BCUT2D eigenvalue weighted by Crippen LogP contribution is -2.45. The van der Waals surface area contributed by atoms with Crippen molar-refractivity contribution >= 4 is 11.6 Å². The van der Waals surface area contributed by atoms with Crippen molar-refractivity contribution in [2.75, 3.05) is 4.90 Å². The van der Waals surface area contributed by atoms with E-state index in [2.05, 4.69) is 6.92 Å². The first-order valence-corrected chi connectivity index (χ1v) is 10.0. The fourth-order valence-electron chi connectivity index (χ4n) is 3.40. The Morgan fingerprint density at radius 3 is 2.55 bits per heavy atom. The molecule has 2 N–H and O–H groups in total. The van der Waals surface area contributed by atoms with Gasteiger partial charge < -0.3 is 15.4 Å². The number of carbonyl (C=O) groups excluding carboxylic acids is 1. The molecule has 1 heterocycles. The predicted octanol–water partition coefficient (Wildman–Crippen LogP) is 5.17. The monoisotopic (exact) mass is 398 g/mol. The summed E-state index contributed by atoms with van der Waals surface area (Å²) in [4.78, 5) is 13.4. The summed E-state index contributed by atoms with van der Waals surface area (Å²) in [7, 11) is 0. The number of allylic oxidation sites excluding steroid dienone is 1. The van der Waals surface area contributed by atoms with Crippen molar-refractivity contribution in [3.8, 4) is 0 Å². The molecule has 2 atom stereocenters. The van der Waals surface area contributed by atoms with Gasteiger partial charge in [0.15, 0.2) is 5.88 Å². The number of hydrogen-bond donors (Lipinski definition) is 1. The molecule has 2 aromatic rings. The summed E-state index contributed by atoms with van der Waals surface area (Å²) < 4.78 is 18.5. The van der Waals surface area contributed by atoms with E-state index in [0.29, 0.717) is 18.4 Å². The maximum absolute atomic E-state index is 13.1. The van der Waals surface area contributed by atoms with Crippen LogP contribution in [0.15, 0.2) is 60.5 Å². The second kappa shape index (κ2) is 10.6. The van der Waals surface area contributed by atoms with Crippen LogP contribution in [0.3, 0.4) is 0 Å². The molecular weight excluding hydrogens is 367 g/mol. The highest BCUT2D eigenvalue weighted by Gasteiger charge is 2.31. The summed E-state index contributed by atoms with van der Waals surface area (Å²) in [6.45, 7) is 8.26. The quantitative estimate of drug-likeness (QED) is 0.723. The zero-order chi connectivity index (χ0) is 21.4. The summed E-state index contributed by atoms with van der Waals surface area (Å²) in [6, 6.07) is 14.8. The standard InChI is InChI=1S/C13H16FNO.C11H15NO/c1-8-6-11-7-12(14)4-5-13(11)15(9(8)2)10(3)16;1-2-6-11(12)13-9-10-7-4-3-5-8-10/h4-5,7-9H,6H2,1-3H3;3-8H,2,9,12H2,1H3/b;11-6+/t8?,9-;/m0./s1. The van der Waals surface area contributed by atoms with E-state index in [1.165, 1.54) is 12.1 Å². The fourth-order valence-corrected chi connectivity index (χ4v) is 3.40. The van der Waals surface area contributed by atoms with E-state index in [0.717, 1.165) is 29.7 Å². The van der Waals surface area contributed by atoms with Crippen LogP contribution in [-0.4, -0.2) is 11.9 Å². The Morgan fingerprint density at radius 1 is 1.24 bits per heavy atom. The molecule has 4 nitrogen and oxygen atoms in total. The van der Waals surface area contributed by atoms with Gasteiger partial charge in [0, 0.05) is 18.7 Å². The highest BCUT2D eigenvalue weighted by atomic mass is 19.1. The van der Waals surface area contributed by atoms with E-state index >= 15 is 0 Å². The van der Waals surface area contributed by atoms with E-state index in [9.17, 15) is 9.18 Å². The van der Waals surface area contributed by atoms with Crippen molar-refractivity contribution in [3.63, 3.8) is 0 Å². The normalized spacial score (nSPS) is 18.4. The van der Waals surface area contributed by atoms with Crippen LogP contribution in [0.2, 0.25) is 0 Å². The summed E-state index contributed by atoms with van der Waals surface area (Å²) in [5.74, 6) is 0.653. The van der Waals surface area contributed by atoms with E-state index in [-0.39, 0.29) is 17.8 Å². The number of rotatable bonds is 4. The van der Waals surface area contributed by atoms with E-state index in [1.807, 2.05) is 50.3 Å². The minimum atomic E-state index is -0.232. The zero-order valence-electron chi connectivity index (χ0n) is 17.7. The third-order valence-corrected chi connectivity index (χ3v) is 5.07. The second-order valence-corrected chi connectivity index (χ2v) is 7.37. The van der Waals surface area contributed by atoms with Crippen molar-refractivity contribution in [3.05, 3.63) is 77.4 Å². The largest absolute Gasteiger partial charge is 0.475 e. The number of halogens is 1. The molecule has 0 fully saturated rings. The average Bonchev–Trinajstić information content (AvgIpc) is 2.69. The van der Waals surface area contributed by atoms with Crippen molar-refractivity contribution < 1.29 is 13.9 Å². The Bertz CT molecular complexity index is 836. The fraction of sp³-hybridized carbons (Fsp3) is 0.375. The van der Waals surface area contributed by atoms with Gasteiger partial charge in [-0.25, -0.2) is 4.39 Å². The lowest BCUT2D eigenvalue weighted by Gasteiger charge is -2.38. The molecule has 5 heteroatoms. The van der Waals surface area contributed by atoms with Crippen LogP contribution in [0.1, 0.15) is 45.2 Å². The molecule has 1 aliphatic rings. The number of benzene rings is 2. The molecule has 0 aromatic heterocycles. The summed E-state index contributed by atoms with van der Waals surface area (Å²) in [5.41, 5.74) is 8.50. The van der Waals surface area contributed by atoms with Gasteiger partial charge in [-0.15, -0.1) is 0 Å². The Balaban J connectivity index is 0.000000212. The van der Waals surface area contributed by atoms with Crippen molar-refractivity contribution in [2.45, 2.75) is 53.2 Å². The molecule has 1 amide bonds. The van der Waals surface area contributed by atoms with Gasteiger partial charge in [0.1, 0.15) is 12.4 Å². The number of fused-ring (bicyclic) bond motifs is 1. The smallest absolute Gasteiger partial charge is 0.224 e. The molecule has 0 spiro atoms. The molecule has 2 aromatic carbocycles. The van der Waals surface area contributed by atoms with E-state index in [4.69, 9.17) is 10.5 Å². The van der Waals surface area contributed by atoms with E-state index in [1.54, 1.807) is 17.9 Å². The van der Waals surface area contributed by atoms with Crippen LogP contribution in [-0.2, 0) is 22.6 Å². The van der Waals surface area contributed by atoms with Crippen LogP contribution >= 0.6 is 0 Å². The Hall–Kier alpha value is -2.82. The third kappa shape index (κ3) is 6.34. The van der Waals surface area contributed by atoms with Crippen LogP contribution in [0.4, 0.5) is 10.1 Å². The Morgan fingerprint density at radius 2 is 1.93 bits per heavy atom. The predicted molar refractivity (Wildman–Crippen MR) is 116 cm³/mol. The van der Waals surface area contributed by atoms with Crippen molar-refractivity contribution in [1.29, 1.82) is 0 Å². The Labute approximate surface area is 173 Å². The molecule has 156 valence electrons. The molecule has 0 saturated heterocycles. The van der Waals surface area contributed by atoms with Crippen LogP contribution in [0.25, 0.3) is 0 Å². The lowest BCUT2D eigenvalue weighted by atomic mass is 9.87. The van der Waals surface area contributed by atoms with Crippen LogP contribution in [0.5, 0.6) is 0 Å².